The number of fused-ring (bicyclic) bond motifs is 5. The smallest absolute Gasteiger partial charge is 0.297 e. The van der Waals surface area contributed by atoms with Crippen LogP contribution < -0.4 is 9.47 Å². The fraction of sp³-hybridized carbons (Fsp3) is 0.125. The standard InChI is InChI=1S/C40H30N10O15S4/c1-19-23(18-41)38-42-24-4-2-3-5-29(24)50(38)39(54)34(19)47-44-26-9-7-21-22(37(26)69(57,58)59)15-33(68-65-63-56)35(36(21)53)48-45-27-16-31(61-13-11-52)28(17-30(27)60-12-10-51)46-49-40-43-25-8-6-20(67-64-62-55)14-32(25)66-40/h2-9,14-17,51-56H,10-13H2,1H3,(H,57,58,59). The van der Waals surface area contributed by atoms with Crippen LogP contribution in [0.3, 0.4) is 0 Å². The second kappa shape index (κ2) is 21.1. The highest BCUT2D eigenvalue weighted by molar-refractivity contribution is 7.95. The molecule has 0 unspecified atom stereocenters. The highest BCUT2D eigenvalue weighted by Gasteiger charge is 2.26. The summed E-state index contributed by atoms with van der Waals surface area (Å²) in [7, 11) is -5.23. The number of aromatic hydroxyl groups is 2. The van der Waals surface area contributed by atoms with E-state index in [4.69, 9.17) is 20.0 Å². The highest BCUT2D eigenvalue weighted by Crippen LogP contribution is 2.49. The van der Waals surface area contributed by atoms with Gasteiger partial charge in [-0.15, -0.1) is 39.4 Å². The molecule has 0 bridgehead atoms. The van der Waals surface area contributed by atoms with Gasteiger partial charge in [-0.2, -0.15) is 13.7 Å². The molecule has 0 radical (unpaired) electrons. The molecular weight excluding hydrogens is 989 g/mol. The van der Waals surface area contributed by atoms with Gasteiger partial charge in [-0.25, -0.2) is 20.5 Å². The van der Waals surface area contributed by atoms with E-state index in [9.17, 15) is 38.7 Å². The lowest BCUT2D eigenvalue weighted by Crippen LogP contribution is -2.04. The maximum absolute atomic E-state index is 13.1. The van der Waals surface area contributed by atoms with Crippen molar-refractivity contribution in [2.45, 2.75) is 21.6 Å². The number of phenols is 1. The lowest BCUT2D eigenvalue weighted by Gasteiger charge is -2.14. The van der Waals surface area contributed by atoms with E-state index in [1.807, 2.05) is 0 Å². The maximum atomic E-state index is 13.1. The van der Waals surface area contributed by atoms with E-state index in [1.54, 1.807) is 42.5 Å². The number of pyridine rings is 1. The second-order valence-corrected chi connectivity index (χ2v) is 17.6. The van der Waals surface area contributed by atoms with E-state index in [2.05, 4.69) is 65.5 Å². The summed E-state index contributed by atoms with van der Waals surface area (Å²) in [5, 5.41) is 102. The summed E-state index contributed by atoms with van der Waals surface area (Å²) in [6.07, 6.45) is 0. The van der Waals surface area contributed by atoms with Gasteiger partial charge >= 0.3 is 0 Å². The molecule has 69 heavy (non-hydrogen) atoms. The van der Waals surface area contributed by atoms with Crippen LogP contribution in [0, 0.1) is 18.3 Å². The Labute approximate surface area is 398 Å². The molecule has 0 aliphatic heterocycles. The third-order valence-electron chi connectivity index (χ3n) is 9.63. The van der Waals surface area contributed by atoms with Crippen LogP contribution in [0.4, 0.5) is 33.6 Å². The number of rotatable bonds is 19. The number of nitrogens with zero attached hydrogens (tertiary/aromatic N) is 10. The third-order valence-corrected chi connectivity index (χ3v) is 12.7. The van der Waals surface area contributed by atoms with E-state index in [1.165, 1.54) is 40.9 Å². The minimum atomic E-state index is -5.23. The molecule has 0 saturated carbocycles. The Morgan fingerprint density at radius 3 is 2.12 bits per heavy atom. The summed E-state index contributed by atoms with van der Waals surface area (Å²) in [5.74, 6) is -1.22. The summed E-state index contributed by atoms with van der Waals surface area (Å²) in [5.41, 5.74) is 0.716. The fourth-order valence-corrected chi connectivity index (χ4v) is 9.35. The normalized spacial score (nSPS) is 12.2. The SMILES string of the molecule is Cc1c(N=Nc2ccc3c(O)c(N=Nc4cc(OCCO)c(N=Nc5nc6ccc(SOOO)cc6s5)cc4OCCO)c(SOOO)cc3c2S(=O)(=O)O)c(O)n2c(nc3ccccc32)c1C#N. The van der Waals surface area contributed by atoms with E-state index >= 15 is 0 Å². The number of aromatic nitrogens is 3. The fourth-order valence-electron chi connectivity index (χ4n) is 6.75. The first-order valence-electron chi connectivity index (χ1n) is 19.3. The number of nitriles is 1. The zero-order valence-electron chi connectivity index (χ0n) is 34.8. The number of ether oxygens (including phenoxy) is 2. The van der Waals surface area contributed by atoms with Crippen molar-refractivity contribution in [2.75, 3.05) is 26.4 Å². The van der Waals surface area contributed by atoms with Crippen LogP contribution in [-0.4, -0.2) is 84.7 Å². The summed E-state index contributed by atoms with van der Waals surface area (Å²) in [6.45, 7) is 0.194. The van der Waals surface area contributed by atoms with Gasteiger partial charge < -0.3 is 29.9 Å². The molecule has 0 saturated heterocycles. The van der Waals surface area contributed by atoms with Crippen LogP contribution >= 0.6 is 35.4 Å². The zero-order chi connectivity index (χ0) is 48.8. The van der Waals surface area contributed by atoms with Crippen LogP contribution in [0.1, 0.15) is 11.1 Å². The highest BCUT2D eigenvalue weighted by atomic mass is 32.2. The molecule has 0 atom stereocenters. The molecular formula is C40H30N10O15S4. The third kappa shape index (κ3) is 10.1. The second-order valence-electron chi connectivity index (χ2n) is 13.7. The van der Waals surface area contributed by atoms with Crippen molar-refractivity contribution in [1.29, 1.82) is 5.26 Å². The monoisotopic (exact) mass is 1020 g/mol. The lowest BCUT2D eigenvalue weighted by atomic mass is 10.1. The maximum Gasteiger partial charge on any atom is 0.297 e. The predicted octanol–water partition coefficient (Wildman–Crippen LogP) is 9.93. The first-order chi connectivity index (χ1) is 33.4. The van der Waals surface area contributed by atoms with Crippen molar-refractivity contribution >= 4 is 117 Å². The van der Waals surface area contributed by atoms with Gasteiger partial charge in [-0.3, -0.25) is 8.95 Å². The van der Waals surface area contributed by atoms with Crippen LogP contribution in [0.15, 0.2) is 118 Å². The van der Waals surface area contributed by atoms with E-state index in [-0.39, 0.29) is 91.4 Å². The average molecular weight is 1020 g/mol. The van der Waals surface area contributed by atoms with Gasteiger partial charge in [0.05, 0.1) is 63.4 Å². The molecule has 7 N–H and O–H groups in total. The molecule has 29 heteroatoms. The van der Waals surface area contributed by atoms with Crippen molar-refractivity contribution in [1.82, 2.24) is 14.4 Å². The van der Waals surface area contributed by atoms with Crippen molar-refractivity contribution in [3.8, 4) is 29.2 Å². The molecule has 8 aromatic rings. The van der Waals surface area contributed by atoms with Gasteiger partial charge in [0.25, 0.3) is 10.1 Å². The summed E-state index contributed by atoms with van der Waals surface area (Å²) in [4.78, 5) is 8.37. The van der Waals surface area contributed by atoms with Gasteiger partial charge in [0, 0.05) is 33.4 Å². The van der Waals surface area contributed by atoms with E-state index in [0.717, 1.165) is 24.2 Å². The number of hydrogen-bond donors (Lipinski definition) is 7. The predicted molar refractivity (Wildman–Crippen MR) is 244 cm³/mol. The van der Waals surface area contributed by atoms with Crippen molar-refractivity contribution < 1.29 is 72.1 Å². The minimum Gasteiger partial charge on any atom is -0.505 e. The molecule has 354 valence electrons. The number of aliphatic hydroxyl groups excluding tert-OH is 2. The van der Waals surface area contributed by atoms with Crippen LogP contribution in [0.25, 0.3) is 37.7 Å². The Hall–Kier alpha value is -7.02. The topological polar surface area (TPSA) is 359 Å². The minimum absolute atomic E-state index is 0.0125. The molecule has 0 aliphatic rings. The Morgan fingerprint density at radius 2 is 1.43 bits per heavy atom. The van der Waals surface area contributed by atoms with Crippen molar-refractivity contribution in [3.63, 3.8) is 0 Å². The largest absolute Gasteiger partial charge is 0.505 e. The zero-order valence-corrected chi connectivity index (χ0v) is 38.0. The Morgan fingerprint density at radius 1 is 0.768 bits per heavy atom. The molecule has 3 heterocycles. The number of hydrogen-bond acceptors (Lipinski definition) is 26. The number of benzene rings is 5. The molecule has 0 fully saturated rings. The molecule has 25 nitrogen and oxygen atoms in total. The molecule has 0 spiro atoms. The number of azo groups is 3. The average Bonchev–Trinajstić information content (AvgIpc) is 3.94. The van der Waals surface area contributed by atoms with Crippen LogP contribution in [-0.2, 0) is 28.9 Å². The number of para-hydroxylation sites is 2. The first-order valence-corrected chi connectivity index (χ1v) is 23.1. The van der Waals surface area contributed by atoms with Gasteiger partial charge in [0.2, 0.25) is 11.0 Å². The molecule has 3 aromatic heterocycles. The number of aliphatic hydroxyl groups is 2. The number of imidazole rings is 1. The van der Waals surface area contributed by atoms with Gasteiger partial charge in [-0.1, -0.05) is 33.5 Å². The Bertz CT molecular complexity index is 3530. The van der Waals surface area contributed by atoms with Crippen molar-refractivity contribution in [2.24, 2.45) is 30.7 Å². The lowest BCUT2D eigenvalue weighted by molar-refractivity contribution is -0.432. The quantitative estimate of drug-likeness (QED) is 0.0130. The Kier molecular flexibility index (Phi) is 14.8. The van der Waals surface area contributed by atoms with Crippen molar-refractivity contribution in [3.05, 3.63) is 83.9 Å². The van der Waals surface area contributed by atoms with E-state index in [0.29, 0.717) is 26.1 Å². The summed E-state index contributed by atoms with van der Waals surface area (Å²) in [6, 6.07) is 20.0. The first kappa shape index (κ1) is 48.4. The molecule has 0 amide bonds. The number of thiazole rings is 1. The molecule has 5 aromatic carbocycles. The summed E-state index contributed by atoms with van der Waals surface area (Å²) < 4.78 is 59.5. The van der Waals surface area contributed by atoms with Gasteiger partial charge in [0.15, 0.2) is 17.1 Å². The molecule has 8 rings (SSSR count). The van der Waals surface area contributed by atoms with Gasteiger partial charge in [-0.05, 0) is 55.5 Å². The van der Waals surface area contributed by atoms with Gasteiger partial charge in [0.1, 0.15) is 64.0 Å². The van der Waals surface area contributed by atoms with E-state index < -0.39 is 51.2 Å². The van der Waals surface area contributed by atoms with Crippen LogP contribution in [0.5, 0.6) is 23.1 Å². The summed E-state index contributed by atoms with van der Waals surface area (Å²) >= 11 is 2.17. The molecule has 0 aliphatic carbocycles. The Balaban J connectivity index is 1.20. The van der Waals surface area contributed by atoms with Crippen LogP contribution in [0.2, 0.25) is 0 Å². The number of phenolic OH excluding ortho intramolecular Hbond substituents is 1.